The minimum Gasteiger partial charge on any atom is -0.421 e. The summed E-state index contributed by atoms with van der Waals surface area (Å²) in [7, 11) is 0. The third kappa shape index (κ3) is 2.77. The van der Waals surface area contributed by atoms with Gasteiger partial charge < -0.3 is 10.5 Å². The van der Waals surface area contributed by atoms with E-state index in [1.165, 1.54) is 18.2 Å². The number of nitrogens with two attached hydrogens (primary N) is 1. The fourth-order valence-corrected chi connectivity index (χ4v) is 1.49. The molecule has 2 aromatic rings. The molecular formula is C13H11FN4O. The van der Waals surface area contributed by atoms with Crippen LogP contribution in [0, 0.1) is 31.0 Å². The maximum Gasteiger partial charge on any atom is 0.323 e. The molecule has 19 heavy (non-hydrogen) atoms. The Labute approximate surface area is 109 Å². The van der Waals surface area contributed by atoms with E-state index in [4.69, 9.17) is 15.7 Å². The average molecular weight is 258 g/mol. The third-order valence-electron chi connectivity index (χ3n) is 2.47. The molecule has 6 heteroatoms. The molecule has 0 atom stereocenters. The van der Waals surface area contributed by atoms with Crippen molar-refractivity contribution in [1.29, 1.82) is 5.26 Å². The number of benzene rings is 1. The highest BCUT2D eigenvalue weighted by Gasteiger charge is 2.10. The van der Waals surface area contributed by atoms with Crippen LogP contribution in [-0.4, -0.2) is 9.97 Å². The molecule has 1 aromatic carbocycles. The lowest BCUT2D eigenvalue weighted by Crippen LogP contribution is -1.99. The summed E-state index contributed by atoms with van der Waals surface area (Å²) in [6, 6.07) is 5.96. The summed E-state index contributed by atoms with van der Waals surface area (Å²) in [5, 5.41) is 8.80. The number of hydrogen-bond acceptors (Lipinski definition) is 5. The minimum absolute atomic E-state index is 0.0267. The number of aryl methyl sites for hydroxylation is 2. The Bertz CT molecular complexity index is 679. The van der Waals surface area contributed by atoms with E-state index >= 15 is 0 Å². The van der Waals surface area contributed by atoms with Crippen molar-refractivity contribution in [3.05, 3.63) is 41.0 Å². The summed E-state index contributed by atoms with van der Waals surface area (Å²) in [4.78, 5) is 7.84. The van der Waals surface area contributed by atoms with E-state index in [9.17, 15) is 4.39 Å². The second-order valence-electron chi connectivity index (χ2n) is 4.03. The van der Waals surface area contributed by atoms with Crippen molar-refractivity contribution in [1.82, 2.24) is 9.97 Å². The van der Waals surface area contributed by atoms with E-state index in [1.54, 1.807) is 13.8 Å². The molecule has 0 saturated carbocycles. The molecule has 0 aliphatic carbocycles. The fraction of sp³-hybridized carbons (Fsp3) is 0.154. The highest BCUT2D eigenvalue weighted by molar-refractivity contribution is 5.50. The molecule has 2 rings (SSSR count). The average Bonchev–Trinajstić information content (AvgIpc) is 2.35. The summed E-state index contributed by atoms with van der Waals surface area (Å²) in [5.74, 6) is -0.632. The SMILES string of the molecule is Cc1cc(C#N)nc(Oc2cc(C)c(N)cc2F)n1. The molecule has 0 bridgehead atoms. The van der Waals surface area contributed by atoms with Crippen molar-refractivity contribution in [2.75, 3.05) is 5.73 Å². The van der Waals surface area contributed by atoms with Gasteiger partial charge in [-0.3, -0.25) is 0 Å². The van der Waals surface area contributed by atoms with Gasteiger partial charge in [-0.1, -0.05) is 0 Å². The normalized spacial score (nSPS) is 10.0. The van der Waals surface area contributed by atoms with Gasteiger partial charge in [0.05, 0.1) is 0 Å². The molecule has 0 aliphatic rings. The molecular weight excluding hydrogens is 247 g/mol. The van der Waals surface area contributed by atoms with Crippen molar-refractivity contribution in [2.24, 2.45) is 0 Å². The topological polar surface area (TPSA) is 84.8 Å². The van der Waals surface area contributed by atoms with Crippen molar-refractivity contribution >= 4 is 5.69 Å². The zero-order chi connectivity index (χ0) is 14.0. The van der Waals surface area contributed by atoms with E-state index in [2.05, 4.69) is 9.97 Å². The van der Waals surface area contributed by atoms with Gasteiger partial charge in [0.1, 0.15) is 11.8 Å². The van der Waals surface area contributed by atoms with E-state index in [0.717, 1.165) is 0 Å². The molecule has 96 valence electrons. The first-order valence-electron chi connectivity index (χ1n) is 5.49. The van der Waals surface area contributed by atoms with Crippen LogP contribution in [0.5, 0.6) is 11.8 Å². The molecule has 0 saturated heterocycles. The highest BCUT2D eigenvalue weighted by atomic mass is 19.1. The fourth-order valence-electron chi connectivity index (χ4n) is 1.49. The van der Waals surface area contributed by atoms with E-state index in [1.807, 2.05) is 6.07 Å². The second kappa shape index (κ2) is 4.90. The van der Waals surface area contributed by atoms with Gasteiger partial charge in [-0.15, -0.1) is 0 Å². The lowest BCUT2D eigenvalue weighted by Gasteiger charge is -2.08. The summed E-state index contributed by atoms with van der Waals surface area (Å²) in [6.45, 7) is 3.43. The molecule has 0 amide bonds. The van der Waals surface area contributed by atoms with Crippen LogP contribution in [0.1, 0.15) is 17.0 Å². The van der Waals surface area contributed by atoms with Crippen molar-refractivity contribution in [3.63, 3.8) is 0 Å². The van der Waals surface area contributed by atoms with Gasteiger partial charge in [0.15, 0.2) is 11.6 Å². The maximum absolute atomic E-state index is 13.7. The minimum atomic E-state index is -0.605. The number of rotatable bonds is 2. The quantitative estimate of drug-likeness (QED) is 0.836. The number of aromatic nitrogens is 2. The number of hydrogen-bond donors (Lipinski definition) is 1. The van der Waals surface area contributed by atoms with Gasteiger partial charge in [-0.2, -0.15) is 10.2 Å². The van der Waals surface area contributed by atoms with Crippen LogP contribution in [0.3, 0.4) is 0 Å². The van der Waals surface area contributed by atoms with Gasteiger partial charge in [-0.25, -0.2) is 9.37 Å². The lowest BCUT2D eigenvalue weighted by atomic mass is 10.2. The van der Waals surface area contributed by atoms with Crippen LogP contribution in [0.2, 0.25) is 0 Å². The van der Waals surface area contributed by atoms with Gasteiger partial charge in [0.2, 0.25) is 0 Å². The summed E-state index contributed by atoms with van der Waals surface area (Å²) in [6.07, 6.45) is 0. The smallest absolute Gasteiger partial charge is 0.323 e. The molecule has 1 aromatic heterocycles. The molecule has 0 radical (unpaired) electrons. The third-order valence-corrected chi connectivity index (χ3v) is 2.47. The van der Waals surface area contributed by atoms with Gasteiger partial charge in [0.25, 0.3) is 0 Å². The van der Waals surface area contributed by atoms with Gasteiger partial charge >= 0.3 is 6.01 Å². The molecule has 0 unspecified atom stereocenters. The van der Waals surface area contributed by atoms with Gasteiger partial charge in [0, 0.05) is 17.4 Å². The second-order valence-corrected chi connectivity index (χ2v) is 4.03. The van der Waals surface area contributed by atoms with Crippen molar-refractivity contribution in [2.45, 2.75) is 13.8 Å². The van der Waals surface area contributed by atoms with Crippen LogP contribution in [0.4, 0.5) is 10.1 Å². The lowest BCUT2D eigenvalue weighted by molar-refractivity contribution is 0.409. The highest BCUT2D eigenvalue weighted by Crippen LogP contribution is 2.26. The Balaban J connectivity index is 2.39. The first-order chi connectivity index (χ1) is 8.99. The Kier molecular flexibility index (Phi) is 3.29. The summed E-state index contributed by atoms with van der Waals surface area (Å²) >= 11 is 0. The van der Waals surface area contributed by atoms with Crippen molar-refractivity contribution in [3.8, 4) is 17.8 Å². The number of halogens is 1. The first-order valence-corrected chi connectivity index (χ1v) is 5.49. The molecule has 0 spiro atoms. The maximum atomic E-state index is 13.7. The predicted octanol–water partition coefficient (Wildman–Crippen LogP) is 2.48. The number of nitriles is 1. The summed E-state index contributed by atoms with van der Waals surface area (Å²) in [5.41, 5.74) is 7.33. The van der Waals surface area contributed by atoms with Crippen molar-refractivity contribution < 1.29 is 9.13 Å². The van der Waals surface area contributed by atoms with Crippen LogP contribution >= 0.6 is 0 Å². The number of nitrogen functional groups attached to an aromatic ring is 1. The largest absolute Gasteiger partial charge is 0.421 e. The number of anilines is 1. The first kappa shape index (κ1) is 12.8. The van der Waals surface area contributed by atoms with E-state index in [0.29, 0.717) is 16.9 Å². The van der Waals surface area contributed by atoms with Crippen LogP contribution in [0.15, 0.2) is 18.2 Å². The molecule has 5 nitrogen and oxygen atoms in total. The molecule has 0 fully saturated rings. The van der Waals surface area contributed by atoms with E-state index in [-0.39, 0.29) is 17.5 Å². The van der Waals surface area contributed by atoms with Gasteiger partial charge in [-0.05, 0) is 31.5 Å². The predicted molar refractivity (Wildman–Crippen MR) is 67.1 cm³/mol. The Morgan fingerprint density at radius 1 is 1.26 bits per heavy atom. The molecule has 2 N–H and O–H groups in total. The standard InChI is InChI=1S/C13H11FN4O/c1-7-3-12(10(14)5-11(7)16)19-13-17-8(2)4-9(6-15)18-13/h3-5H,16H2,1-2H3. The van der Waals surface area contributed by atoms with E-state index < -0.39 is 5.82 Å². The molecule has 0 aliphatic heterocycles. The van der Waals surface area contributed by atoms with Crippen LogP contribution < -0.4 is 10.5 Å². The monoisotopic (exact) mass is 258 g/mol. The Morgan fingerprint density at radius 3 is 2.68 bits per heavy atom. The summed E-state index contributed by atoms with van der Waals surface area (Å²) < 4.78 is 18.9. The molecule has 1 heterocycles. The van der Waals surface area contributed by atoms with Crippen LogP contribution in [0.25, 0.3) is 0 Å². The van der Waals surface area contributed by atoms with Crippen LogP contribution in [-0.2, 0) is 0 Å². The number of nitrogens with zero attached hydrogens (tertiary/aromatic N) is 3. The number of ether oxygens (including phenoxy) is 1. The zero-order valence-corrected chi connectivity index (χ0v) is 10.4. The Morgan fingerprint density at radius 2 is 2.00 bits per heavy atom. The Hall–Kier alpha value is -2.68. The zero-order valence-electron chi connectivity index (χ0n) is 10.4.